The normalized spacial score (nSPS) is 16.3. The van der Waals surface area contributed by atoms with Crippen molar-refractivity contribution in [3.63, 3.8) is 0 Å². The summed E-state index contributed by atoms with van der Waals surface area (Å²) in [7, 11) is 1.64. The first-order valence-corrected chi connectivity index (χ1v) is 6.79. The number of hydrogen-bond acceptors (Lipinski definition) is 3. The molecule has 0 radical (unpaired) electrons. The predicted octanol–water partition coefficient (Wildman–Crippen LogP) is 4.29. The van der Waals surface area contributed by atoms with Crippen LogP contribution in [0.25, 0.3) is 0 Å². The Labute approximate surface area is 118 Å². The van der Waals surface area contributed by atoms with Crippen LogP contribution < -0.4 is 9.47 Å². The second kappa shape index (κ2) is 4.75. The lowest BCUT2D eigenvalue weighted by molar-refractivity contribution is 0.393. The van der Waals surface area contributed by atoms with Crippen molar-refractivity contribution in [2.75, 3.05) is 7.11 Å². The molecule has 104 valence electrons. The Morgan fingerprint density at radius 3 is 2.35 bits per heavy atom. The molecule has 0 bridgehead atoms. The van der Waals surface area contributed by atoms with Crippen LogP contribution in [-0.4, -0.2) is 12.2 Å². The van der Waals surface area contributed by atoms with E-state index >= 15 is 0 Å². The van der Waals surface area contributed by atoms with Crippen LogP contribution in [0.2, 0.25) is 0 Å². The standard InChI is InChI=1S/C17H18O3/c1-10(2)17-13-6-4-11(18)8-15(13)20-16-9-12(19-3)5-7-14(16)17/h4-10,17-18H,1-3H3. The Bertz CT molecular complexity index is 647. The lowest BCUT2D eigenvalue weighted by atomic mass is 9.80. The van der Waals surface area contributed by atoms with Gasteiger partial charge in [-0.2, -0.15) is 0 Å². The highest BCUT2D eigenvalue weighted by molar-refractivity contribution is 5.57. The summed E-state index contributed by atoms with van der Waals surface area (Å²) in [6, 6.07) is 11.3. The molecule has 0 aliphatic carbocycles. The highest BCUT2D eigenvalue weighted by Gasteiger charge is 2.30. The minimum absolute atomic E-state index is 0.220. The van der Waals surface area contributed by atoms with Crippen molar-refractivity contribution in [1.82, 2.24) is 0 Å². The summed E-state index contributed by atoms with van der Waals surface area (Å²) in [5.74, 6) is 3.23. The summed E-state index contributed by atoms with van der Waals surface area (Å²) in [6.45, 7) is 4.39. The fraction of sp³-hybridized carbons (Fsp3) is 0.294. The lowest BCUT2D eigenvalue weighted by Crippen LogP contribution is -2.15. The quantitative estimate of drug-likeness (QED) is 0.884. The zero-order valence-corrected chi connectivity index (χ0v) is 11.9. The fourth-order valence-corrected chi connectivity index (χ4v) is 2.86. The third-order valence-corrected chi connectivity index (χ3v) is 3.77. The fourth-order valence-electron chi connectivity index (χ4n) is 2.86. The van der Waals surface area contributed by atoms with Crippen molar-refractivity contribution in [2.45, 2.75) is 19.8 Å². The molecule has 0 spiro atoms. The molecule has 3 nitrogen and oxygen atoms in total. The van der Waals surface area contributed by atoms with Crippen LogP contribution in [0.5, 0.6) is 23.0 Å². The first-order valence-electron chi connectivity index (χ1n) is 6.79. The van der Waals surface area contributed by atoms with E-state index in [1.165, 1.54) is 5.56 Å². The SMILES string of the molecule is COc1ccc2c(c1)Oc1cc(O)ccc1C2C(C)C. The molecule has 3 heteroatoms. The molecular weight excluding hydrogens is 252 g/mol. The first kappa shape index (κ1) is 12.9. The van der Waals surface area contributed by atoms with E-state index in [9.17, 15) is 5.11 Å². The van der Waals surface area contributed by atoms with Gasteiger partial charge in [-0.3, -0.25) is 0 Å². The van der Waals surface area contributed by atoms with E-state index in [4.69, 9.17) is 9.47 Å². The molecule has 3 rings (SSSR count). The molecule has 1 aliphatic rings. The lowest BCUT2D eigenvalue weighted by Gasteiger charge is -2.31. The summed E-state index contributed by atoms with van der Waals surface area (Å²) in [5, 5.41) is 9.66. The van der Waals surface area contributed by atoms with Gasteiger partial charge in [0.15, 0.2) is 0 Å². The van der Waals surface area contributed by atoms with E-state index < -0.39 is 0 Å². The van der Waals surface area contributed by atoms with E-state index in [-0.39, 0.29) is 11.7 Å². The molecule has 0 amide bonds. The Hall–Kier alpha value is -2.16. The molecule has 1 atom stereocenters. The van der Waals surface area contributed by atoms with Gasteiger partial charge in [-0.15, -0.1) is 0 Å². The maximum Gasteiger partial charge on any atom is 0.134 e. The molecular formula is C17H18O3. The van der Waals surface area contributed by atoms with Gasteiger partial charge in [-0.1, -0.05) is 26.0 Å². The van der Waals surface area contributed by atoms with Gasteiger partial charge < -0.3 is 14.6 Å². The van der Waals surface area contributed by atoms with Crippen molar-refractivity contribution >= 4 is 0 Å². The van der Waals surface area contributed by atoms with E-state index in [0.717, 1.165) is 22.8 Å². The van der Waals surface area contributed by atoms with Crippen LogP contribution in [0.15, 0.2) is 36.4 Å². The molecule has 1 heterocycles. The van der Waals surface area contributed by atoms with E-state index in [2.05, 4.69) is 19.9 Å². The average Bonchev–Trinajstić information content (AvgIpc) is 2.43. The van der Waals surface area contributed by atoms with Crippen molar-refractivity contribution < 1.29 is 14.6 Å². The van der Waals surface area contributed by atoms with Crippen LogP contribution in [0.4, 0.5) is 0 Å². The largest absolute Gasteiger partial charge is 0.508 e. The smallest absolute Gasteiger partial charge is 0.134 e. The first-order chi connectivity index (χ1) is 9.60. The minimum atomic E-state index is 0.220. The number of aromatic hydroxyl groups is 1. The van der Waals surface area contributed by atoms with Gasteiger partial charge in [-0.05, 0) is 18.1 Å². The van der Waals surface area contributed by atoms with Gasteiger partial charge in [0.25, 0.3) is 0 Å². The molecule has 2 aromatic carbocycles. The van der Waals surface area contributed by atoms with Crippen molar-refractivity contribution in [3.8, 4) is 23.0 Å². The Kier molecular flexibility index (Phi) is 3.05. The maximum absolute atomic E-state index is 9.66. The molecule has 1 aliphatic heterocycles. The van der Waals surface area contributed by atoms with Crippen LogP contribution >= 0.6 is 0 Å². The predicted molar refractivity (Wildman–Crippen MR) is 77.9 cm³/mol. The molecule has 0 aromatic heterocycles. The maximum atomic E-state index is 9.66. The molecule has 0 fully saturated rings. The molecule has 0 saturated heterocycles. The number of methoxy groups -OCH3 is 1. The second-order valence-corrected chi connectivity index (χ2v) is 5.45. The Morgan fingerprint density at radius 2 is 1.70 bits per heavy atom. The molecule has 1 N–H and O–H groups in total. The van der Waals surface area contributed by atoms with E-state index in [1.807, 2.05) is 18.2 Å². The van der Waals surface area contributed by atoms with Crippen LogP contribution in [0.3, 0.4) is 0 Å². The summed E-state index contributed by atoms with van der Waals surface area (Å²) in [5.41, 5.74) is 2.29. The van der Waals surface area contributed by atoms with Gasteiger partial charge in [0.05, 0.1) is 7.11 Å². The number of fused-ring (bicyclic) bond motifs is 2. The number of phenols is 1. The van der Waals surface area contributed by atoms with Gasteiger partial charge in [0, 0.05) is 29.2 Å². The summed E-state index contributed by atoms with van der Waals surface area (Å²) in [4.78, 5) is 0. The van der Waals surface area contributed by atoms with Gasteiger partial charge >= 0.3 is 0 Å². The average molecular weight is 270 g/mol. The van der Waals surface area contributed by atoms with Crippen molar-refractivity contribution in [2.24, 2.45) is 5.92 Å². The Balaban J connectivity index is 2.17. The highest BCUT2D eigenvalue weighted by atomic mass is 16.5. The van der Waals surface area contributed by atoms with Crippen molar-refractivity contribution in [3.05, 3.63) is 47.5 Å². The van der Waals surface area contributed by atoms with Gasteiger partial charge in [-0.25, -0.2) is 0 Å². The summed E-state index contributed by atoms with van der Waals surface area (Å²) in [6.07, 6.45) is 0. The number of benzene rings is 2. The second-order valence-electron chi connectivity index (χ2n) is 5.45. The van der Waals surface area contributed by atoms with E-state index in [1.54, 1.807) is 19.2 Å². The number of rotatable bonds is 2. The third-order valence-electron chi connectivity index (χ3n) is 3.77. The monoisotopic (exact) mass is 270 g/mol. The number of ether oxygens (including phenoxy) is 2. The van der Waals surface area contributed by atoms with Crippen LogP contribution in [0.1, 0.15) is 30.9 Å². The molecule has 0 saturated carbocycles. The molecule has 1 unspecified atom stereocenters. The summed E-state index contributed by atoms with van der Waals surface area (Å²) >= 11 is 0. The number of phenolic OH excluding ortho intramolecular Hbond substituents is 1. The zero-order chi connectivity index (χ0) is 14.3. The van der Waals surface area contributed by atoms with E-state index in [0.29, 0.717) is 5.92 Å². The summed E-state index contributed by atoms with van der Waals surface area (Å²) < 4.78 is 11.2. The van der Waals surface area contributed by atoms with Crippen LogP contribution in [0, 0.1) is 5.92 Å². The topological polar surface area (TPSA) is 38.7 Å². The molecule has 2 aromatic rings. The third kappa shape index (κ3) is 1.99. The molecule has 20 heavy (non-hydrogen) atoms. The minimum Gasteiger partial charge on any atom is -0.508 e. The van der Waals surface area contributed by atoms with Gasteiger partial charge in [0.1, 0.15) is 23.0 Å². The van der Waals surface area contributed by atoms with Crippen LogP contribution in [-0.2, 0) is 0 Å². The number of hydrogen-bond donors (Lipinski definition) is 1. The van der Waals surface area contributed by atoms with Gasteiger partial charge in [0.2, 0.25) is 0 Å². The van der Waals surface area contributed by atoms with Crippen molar-refractivity contribution in [1.29, 1.82) is 0 Å². The Morgan fingerprint density at radius 1 is 1.05 bits per heavy atom. The highest BCUT2D eigenvalue weighted by Crippen LogP contribution is 2.49. The zero-order valence-electron chi connectivity index (χ0n) is 11.9.